The minimum atomic E-state index is 0.442. The highest BCUT2D eigenvalue weighted by Crippen LogP contribution is 2.15. The van der Waals surface area contributed by atoms with Gasteiger partial charge in [-0.25, -0.2) is 0 Å². The Bertz CT molecular complexity index is 669. The highest BCUT2D eigenvalue weighted by Gasteiger charge is 2.05. The average molecular weight is 282 g/mol. The van der Waals surface area contributed by atoms with Crippen LogP contribution in [0.3, 0.4) is 0 Å². The maximum Gasteiger partial charge on any atom is 0.105 e. The molecule has 0 bridgehead atoms. The van der Waals surface area contributed by atoms with Crippen molar-refractivity contribution in [3.8, 4) is 0 Å². The van der Waals surface area contributed by atoms with Gasteiger partial charge in [-0.3, -0.25) is 0 Å². The van der Waals surface area contributed by atoms with Crippen molar-refractivity contribution in [1.82, 2.24) is 9.88 Å². The average Bonchev–Trinajstić information content (AvgIpc) is 3.13. The third-order valence-corrected chi connectivity index (χ3v) is 3.84. The minimum Gasteiger partial charge on any atom is -0.469 e. The van der Waals surface area contributed by atoms with E-state index >= 15 is 0 Å². The molecule has 1 atom stereocenters. The molecule has 0 saturated heterocycles. The van der Waals surface area contributed by atoms with Gasteiger partial charge in [0.1, 0.15) is 5.76 Å². The fraction of sp³-hybridized carbons (Fsp3) is 0.333. The zero-order valence-electron chi connectivity index (χ0n) is 12.5. The van der Waals surface area contributed by atoms with Crippen LogP contribution in [0.2, 0.25) is 0 Å². The van der Waals surface area contributed by atoms with E-state index in [1.807, 2.05) is 12.1 Å². The molecule has 0 aliphatic rings. The van der Waals surface area contributed by atoms with E-state index in [1.54, 1.807) is 6.26 Å². The maximum absolute atomic E-state index is 5.37. The monoisotopic (exact) mass is 282 g/mol. The molecule has 0 amide bonds. The molecule has 0 spiro atoms. The quantitative estimate of drug-likeness (QED) is 0.667. The first-order chi connectivity index (χ1) is 10.3. The van der Waals surface area contributed by atoms with Crippen LogP contribution in [0.15, 0.2) is 59.3 Å². The van der Waals surface area contributed by atoms with Gasteiger partial charge >= 0.3 is 0 Å². The molecule has 0 fully saturated rings. The van der Waals surface area contributed by atoms with E-state index in [1.165, 1.54) is 10.9 Å². The standard InChI is InChI=1S/C18H22N2O/c1-15(14-17-7-4-13-21-17)19-10-5-11-20-12-9-16-6-2-3-8-18(16)20/h2-4,6-9,12-13,15,19H,5,10-11,14H2,1H3. The Morgan fingerprint density at radius 3 is 2.90 bits per heavy atom. The molecule has 0 aliphatic carbocycles. The number of rotatable bonds is 7. The molecule has 1 aromatic carbocycles. The number of hydrogen-bond acceptors (Lipinski definition) is 2. The number of fused-ring (bicyclic) bond motifs is 1. The first-order valence-electron chi connectivity index (χ1n) is 7.62. The lowest BCUT2D eigenvalue weighted by molar-refractivity contribution is 0.450. The highest BCUT2D eigenvalue weighted by molar-refractivity contribution is 5.79. The second kappa shape index (κ2) is 6.64. The zero-order valence-corrected chi connectivity index (χ0v) is 12.5. The van der Waals surface area contributed by atoms with E-state index in [2.05, 4.69) is 53.3 Å². The molecule has 21 heavy (non-hydrogen) atoms. The van der Waals surface area contributed by atoms with Crippen LogP contribution in [-0.4, -0.2) is 17.2 Å². The number of furan rings is 1. The van der Waals surface area contributed by atoms with Crippen LogP contribution < -0.4 is 5.32 Å². The van der Waals surface area contributed by atoms with Crippen LogP contribution in [0.4, 0.5) is 0 Å². The molecule has 0 radical (unpaired) electrons. The van der Waals surface area contributed by atoms with E-state index in [0.29, 0.717) is 6.04 Å². The Morgan fingerprint density at radius 2 is 2.05 bits per heavy atom. The van der Waals surface area contributed by atoms with Gasteiger partial charge in [0.05, 0.1) is 6.26 Å². The van der Waals surface area contributed by atoms with Crippen molar-refractivity contribution in [1.29, 1.82) is 0 Å². The minimum absolute atomic E-state index is 0.442. The van der Waals surface area contributed by atoms with Crippen LogP contribution in [0.1, 0.15) is 19.1 Å². The number of aryl methyl sites for hydroxylation is 1. The fourth-order valence-corrected chi connectivity index (χ4v) is 2.74. The van der Waals surface area contributed by atoms with E-state index < -0.39 is 0 Å². The lowest BCUT2D eigenvalue weighted by Gasteiger charge is -2.12. The van der Waals surface area contributed by atoms with Gasteiger partial charge in [0.15, 0.2) is 0 Å². The van der Waals surface area contributed by atoms with Crippen molar-refractivity contribution < 1.29 is 4.42 Å². The molecule has 2 heterocycles. The number of nitrogens with one attached hydrogen (secondary N) is 1. The molecule has 1 unspecified atom stereocenters. The number of nitrogens with zero attached hydrogens (tertiary/aromatic N) is 1. The summed E-state index contributed by atoms with van der Waals surface area (Å²) in [6.07, 6.45) is 5.98. The summed E-state index contributed by atoms with van der Waals surface area (Å²) in [5.41, 5.74) is 1.32. The van der Waals surface area contributed by atoms with E-state index in [4.69, 9.17) is 4.42 Å². The van der Waals surface area contributed by atoms with E-state index in [-0.39, 0.29) is 0 Å². The summed E-state index contributed by atoms with van der Waals surface area (Å²) in [6.45, 7) is 4.27. The van der Waals surface area contributed by atoms with Crippen molar-refractivity contribution in [2.75, 3.05) is 6.54 Å². The van der Waals surface area contributed by atoms with Gasteiger partial charge in [-0.2, -0.15) is 0 Å². The maximum atomic E-state index is 5.37. The molecular formula is C18H22N2O. The van der Waals surface area contributed by atoms with Crippen LogP contribution in [0, 0.1) is 0 Å². The largest absolute Gasteiger partial charge is 0.469 e. The second-order valence-corrected chi connectivity index (χ2v) is 5.56. The Hall–Kier alpha value is -2.00. The van der Waals surface area contributed by atoms with Gasteiger partial charge in [0, 0.05) is 30.7 Å². The predicted molar refractivity (Wildman–Crippen MR) is 86.4 cm³/mol. The third-order valence-electron chi connectivity index (χ3n) is 3.84. The van der Waals surface area contributed by atoms with Gasteiger partial charge in [0.25, 0.3) is 0 Å². The molecule has 2 aromatic heterocycles. The Balaban J connectivity index is 1.44. The summed E-state index contributed by atoms with van der Waals surface area (Å²) in [4.78, 5) is 0. The van der Waals surface area contributed by atoms with Crippen LogP contribution >= 0.6 is 0 Å². The predicted octanol–water partition coefficient (Wildman–Crippen LogP) is 3.85. The second-order valence-electron chi connectivity index (χ2n) is 5.56. The molecular weight excluding hydrogens is 260 g/mol. The molecule has 3 nitrogen and oxygen atoms in total. The molecule has 3 heteroatoms. The van der Waals surface area contributed by atoms with E-state index in [0.717, 1.165) is 31.7 Å². The zero-order chi connectivity index (χ0) is 14.5. The fourth-order valence-electron chi connectivity index (χ4n) is 2.74. The lowest BCUT2D eigenvalue weighted by Crippen LogP contribution is -2.29. The number of hydrogen-bond donors (Lipinski definition) is 1. The lowest BCUT2D eigenvalue weighted by atomic mass is 10.2. The van der Waals surface area contributed by atoms with Gasteiger partial charge in [-0.1, -0.05) is 18.2 Å². The smallest absolute Gasteiger partial charge is 0.105 e. The van der Waals surface area contributed by atoms with Crippen molar-refractivity contribution in [3.05, 3.63) is 60.7 Å². The summed E-state index contributed by atoms with van der Waals surface area (Å²) in [5.74, 6) is 1.05. The molecule has 3 rings (SSSR count). The summed E-state index contributed by atoms with van der Waals surface area (Å²) in [5, 5.41) is 4.87. The number of benzene rings is 1. The molecule has 0 aliphatic heterocycles. The van der Waals surface area contributed by atoms with Gasteiger partial charge in [-0.05, 0) is 49.5 Å². The van der Waals surface area contributed by atoms with Crippen LogP contribution in [0.5, 0.6) is 0 Å². The number of para-hydroxylation sites is 1. The van der Waals surface area contributed by atoms with Crippen molar-refractivity contribution in [2.24, 2.45) is 0 Å². The molecule has 0 saturated carbocycles. The Kier molecular flexibility index (Phi) is 4.41. The van der Waals surface area contributed by atoms with Gasteiger partial charge < -0.3 is 14.3 Å². The normalized spacial score (nSPS) is 12.8. The summed E-state index contributed by atoms with van der Waals surface area (Å²) < 4.78 is 7.70. The van der Waals surface area contributed by atoms with Crippen LogP contribution in [0.25, 0.3) is 10.9 Å². The Labute approximate surface area is 125 Å². The summed E-state index contributed by atoms with van der Waals surface area (Å²) in [7, 11) is 0. The first-order valence-corrected chi connectivity index (χ1v) is 7.62. The molecule has 1 N–H and O–H groups in total. The third kappa shape index (κ3) is 3.56. The highest BCUT2D eigenvalue weighted by atomic mass is 16.3. The van der Waals surface area contributed by atoms with Crippen molar-refractivity contribution in [3.63, 3.8) is 0 Å². The number of aromatic nitrogens is 1. The van der Waals surface area contributed by atoms with Crippen LogP contribution in [-0.2, 0) is 13.0 Å². The molecule has 3 aromatic rings. The topological polar surface area (TPSA) is 30.1 Å². The van der Waals surface area contributed by atoms with Crippen molar-refractivity contribution >= 4 is 10.9 Å². The SMILES string of the molecule is CC(Cc1ccco1)NCCCn1ccc2ccccc21. The van der Waals surface area contributed by atoms with Crippen molar-refractivity contribution in [2.45, 2.75) is 32.4 Å². The summed E-state index contributed by atoms with van der Waals surface area (Å²) >= 11 is 0. The van der Waals surface area contributed by atoms with Gasteiger partial charge in [-0.15, -0.1) is 0 Å². The first kappa shape index (κ1) is 14.0. The summed E-state index contributed by atoms with van der Waals surface area (Å²) in [6, 6.07) is 15.1. The van der Waals surface area contributed by atoms with E-state index in [9.17, 15) is 0 Å². The molecule has 110 valence electrons. The Morgan fingerprint density at radius 1 is 1.14 bits per heavy atom. The van der Waals surface area contributed by atoms with Gasteiger partial charge in [0.2, 0.25) is 0 Å².